The van der Waals surface area contributed by atoms with Gasteiger partial charge in [-0.15, -0.1) is 0 Å². The van der Waals surface area contributed by atoms with Gasteiger partial charge in [0.2, 0.25) is 5.91 Å². The quantitative estimate of drug-likeness (QED) is 0.250. The van der Waals surface area contributed by atoms with E-state index in [1.165, 1.54) is 11.2 Å². The van der Waals surface area contributed by atoms with E-state index in [1.54, 1.807) is 13.3 Å². The lowest BCUT2D eigenvalue weighted by Gasteiger charge is -2.39. The lowest BCUT2D eigenvalue weighted by atomic mass is 9.79. The number of carbonyl (C=O) groups is 2. The fourth-order valence-electron chi connectivity index (χ4n) is 7.44. The van der Waals surface area contributed by atoms with Crippen LogP contribution < -0.4 is 9.64 Å². The third-order valence-electron chi connectivity index (χ3n) is 10.7. The van der Waals surface area contributed by atoms with E-state index in [-0.39, 0.29) is 37.1 Å². The lowest BCUT2D eigenvalue weighted by molar-refractivity contribution is -0.124. The van der Waals surface area contributed by atoms with E-state index in [4.69, 9.17) is 19.4 Å². The van der Waals surface area contributed by atoms with E-state index in [0.717, 1.165) is 53.9 Å². The zero-order valence-corrected chi connectivity index (χ0v) is 30.6. The van der Waals surface area contributed by atoms with Crippen LogP contribution >= 0.6 is 0 Å². The second-order valence-corrected chi connectivity index (χ2v) is 16.9. The van der Waals surface area contributed by atoms with Gasteiger partial charge in [-0.3, -0.25) is 19.4 Å². The van der Waals surface area contributed by atoms with Gasteiger partial charge >= 0.3 is 6.09 Å². The van der Waals surface area contributed by atoms with E-state index in [1.807, 2.05) is 47.1 Å². The zero-order chi connectivity index (χ0) is 35.6. The Bertz CT molecular complexity index is 1770. The first-order valence-electron chi connectivity index (χ1n) is 17.9. The van der Waals surface area contributed by atoms with Crippen molar-refractivity contribution in [3.05, 3.63) is 54.2 Å². The average Bonchev–Trinajstić information content (AvgIpc) is 3.57. The Balaban J connectivity index is 1.13. The van der Waals surface area contributed by atoms with Crippen LogP contribution in [0, 0.1) is 18.8 Å². The van der Waals surface area contributed by atoms with Crippen LogP contribution in [0.5, 0.6) is 5.75 Å². The largest absolute Gasteiger partial charge is 0.495 e. The van der Waals surface area contributed by atoms with Gasteiger partial charge in [0, 0.05) is 67.4 Å². The number of nitrogens with zero attached hydrogens (tertiary/aromatic N) is 6. The Labute approximate surface area is 295 Å². The van der Waals surface area contributed by atoms with Gasteiger partial charge in [-0.05, 0) is 108 Å². The van der Waals surface area contributed by atoms with Gasteiger partial charge in [-0.1, -0.05) is 0 Å². The maximum atomic E-state index is 14.4. The molecule has 2 aliphatic carbocycles. The van der Waals surface area contributed by atoms with Crippen molar-refractivity contribution in [1.82, 2.24) is 24.6 Å². The zero-order valence-electron chi connectivity index (χ0n) is 29.8. The average molecular weight is 707 g/mol. The molecular weight excluding hydrogens is 657 g/mol. The first-order chi connectivity index (χ1) is 23.9. The molecule has 3 aromatic heterocycles. The molecule has 0 spiro atoms. The van der Waals surface area contributed by atoms with Crippen molar-refractivity contribution in [3.63, 3.8) is 0 Å². The molecule has 2 saturated carbocycles. The van der Waals surface area contributed by atoms with Gasteiger partial charge in [-0.2, -0.15) is 5.10 Å². The van der Waals surface area contributed by atoms with Crippen LogP contribution in [-0.4, -0.2) is 89.4 Å². The summed E-state index contributed by atoms with van der Waals surface area (Å²) >= 11 is 0. The summed E-state index contributed by atoms with van der Waals surface area (Å²) in [6, 6.07) is 8.27. The van der Waals surface area contributed by atoms with Crippen molar-refractivity contribution in [2.45, 2.75) is 95.5 Å². The maximum Gasteiger partial charge on any atom is 0.410 e. The fraction of sp³-hybridized carbons (Fsp3) is 0.595. The van der Waals surface area contributed by atoms with Crippen molar-refractivity contribution in [3.8, 4) is 16.9 Å². The van der Waals surface area contributed by atoms with E-state index >= 15 is 0 Å². The number of hydrogen-bond donors (Lipinski definition) is 0. The molecule has 12 nitrogen and oxygen atoms in total. The Hall–Kier alpha value is -4.00. The van der Waals surface area contributed by atoms with Crippen LogP contribution in [0.4, 0.5) is 10.6 Å². The molecule has 4 heterocycles. The molecule has 13 heteroatoms. The minimum Gasteiger partial charge on any atom is -0.495 e. The summed E-state index contributed by atoms with van der Waals surface area (Å²) in [5.74, 6) is 2.00. The first kappa shape index (κ1) is 35.8. The Morgan fingerprint density at radius 3 is 2.34 bits per heavy atom. The molecule has 6 rings (SSSR count). The van der Waals surface area contributed by atoms with Crippen LogP contribution in [-0.2, 0) is 19.4 Å². The molecule has 0 unspecified atom stereocenters. The molecule has 0 aromatic carbocycles. The summed E-state index contributed by atoms with van der Waals surface area (Å²) in [5.41, 5.74) is 3.95. The van der Waals surface area contributed by atoms with E-state index in [9.17, 15) is 18.0 Å². The number of rotatable bonds is 10. The third kappa shape index (κ3) is 8.14. The summed E-state index contributed by atoms with van der Waals surface area (Å²) in [4.78, 5) is 39.9. The lowest BCUT2D eigenvalue weighted by Crippen LogP contribution is -2.57. The standard InChI is InChI=1S/C37H50N6O6S/c1-24(2)43-21-30(19-39-43)29-16-17-38-35(18-29)42(20-26-6-8-27(9-7-26)33-14-15-34(48-4)25(3)40-33)36(44)28-10-12-31(13-11-28)49-37(45)41-22-32(23-41)50(5,46)47/h14-19,21,24,26-28,31-32H,6-13,20,22-23H2,1-5H3/t26-,27-,28-,31-. The maximum absolute atomic E-state index is 14.4. The van der Waals surface area contributed by atoms with Gasteiger partial charge in [0.05, 0.1) is 24.3 Å². The highest BCUT2D eigenvalue weighted by Gasteiger charge is 2.40. The monoisotopic (exact) mass is 706 g/mol. The summed E-state index contributed by atoms with van der Waals surface area (Å²) in [5, 5.41) is 3.99. The van der Waals surface area contributed by atoms with Crippen molar-refractivity contribution >= 4 is 27.7 Å². The molecule has 50 heavy (non-hydrogen) atoms. The summed E-state index contributed by atoms with van der Waals surface area (Å²) < 4.78 is 36.6. The number of anilines is 1. The fourth-order valence-corrected chi connectivity index (χ4v) is 8.35. The highest BCUT2D eigenvalue weighted by Crippen LogP contribution is 2.38. The van der Waals surface area contributed by atoms with Gasteiger partial charge in [-0.25, -0.2) is 18.2 Å². The predicted molar refractivity (Wildman–Crippen MR) is 191 cm³/mol. The molecular formula is C37H50N6O6S. The van der Waals surface area contributed by atoms with E-state index in [0.29, 0.717) is 49.9 Å². The Kier molecular flexibility index (Phi) is 10.8. The minimum absolute atomic E-state index is 0.0607. The number of likely N-dealkylation sites (tertiary alicyclic amines) is 1. The summed E-state index contributed by atoms with van der Waals surface area (Å²) in [6.07, 6.45) is 12.4. The molecule has 3 aliphatic rings. The Morgan fingerprint density at radius 2 is 1.72 bits per heavy atom. The van der Waals surface area contributed by atoms with Crippen LogP contribution in [0.1, 0.15) is 88.6 Å². The molecule has 2 amide bonds. The molecule has 0 radical (unpaired) electrons. The molecule has 3 fully saturated rings. The first-order valence-corrected chi connectivity index (χ1v) is 19.8. The molecule has 0 bridgehead atoms. The molecule has 1 aliphatic heterocycles. The van der Waals surface area contributed by atoms with Gasteiger partial charge < -0.3 is 14.4 Å². The topological polar surface area (TPSA) is 137 Å². The molecule has 0 atom stereocenters. The van der Waals surface area contributed by atoms with Crippen LogP contribution in [0.15, 0.2) is 42.9 Å². The third-order valence-corrected chi connectivity index (χ3v) is 12.2. The highest BCUT2D eigenvalue weighted by atomic mass is 32.2. The SMILES string of the molecule is COc1ccc([C@H]2CC[C@H](CN(c3cc(-c4cnn(C(C)C)c4)ccn3)C(=O)[C@H]3CC[C@H](OC(=O)N4CC(S(C)(=O)=O)C4)CC3)CC2)nc1C. The van der Waals surface area contributed by atoms with Gasteiger partial charge in [0.15, 0.2) is 9.84 Å². The molecule has 1 saturated heterocycles. The van der Waals surface area contributed by atoms with Gasteiger partial charge in [0.25, 0.3) is 0 Å². The number of ether oxygens (including phenoxy) is 2. The number of sulfone groups is 1. The van der Waals surface area contributed by atoms with Crippen molar-refractivity contribution < 1.29 is 27.5 Å². The minimum atomic E-state index is -3.17. The van der Waals surface area contributed by atoms with Crippen molar-refractivity contribution in [2.75, 3.05) is 37.9 Å². The number of amides is 2. The molecule has 270 valence electrons. The van der Waals surface area contributed by atoms with Crippen LogP contribution in [0.3, 0.4) is 0 Å². The van der Waals surface area contributed by atoms with Gasteiger partial charge in [0.1, 0.15) is 17.7 Å². The van der Waals surface area contributed by atoms with E-state index in [2.05, 4.69) is 25.0 Å². The number of pyridine rings is 2. The Morgan fingerprint density at radius 1 is 1.00 bits per heavy atom. The number of methoxy groups -OCH3 is 1. The van der Waals surface area contributed by atoms with Crippen LogP contribution in [0.2, 0.25) is 0 Å². The van der Waals surface area contributed by atoms with Crippen LogP contribution in [0.25, 0.3) is 11.1 Å². The second-order valence-electron chi connectivity index (χ2n) is 14.6. The molecule has 3 aromatic rings. The second kappa shape index (κ2) is 15.1. The van der Waals surface area contributed by atoms with Crippen molar-refractivity contribution in [1.29, 1.82) is 0 Å². The summed E-state index contributed by atoms with van der Waals surface area (Å²) in [7, 11) is -1.51. The molecule has 0 N–H and O–H groups in total. The summed E-state index contributed by atoms with van der Waals surface area (Å²) in [6.45, 7) is 7.08. The highest BCUT2D eigenvalue weighted by molar-refractivity contribution is 7.91. The number of aryl methyl sites for hydroxylation is 1. The van der Waals surface area contributed by atoms with Crippen molar-refractivity contribution in [2.24, 2.45) is 11.8 Å². The number of aromatic nitrogens is 4. The number of carbonyl (C=O) groups excluding carboxylic acids is 2. The number of hydrogen-bond acceptors (Lipinski definition) is 9. The smallest absolute Gasteiger partial charge is 0.410 e. The predicted octanol–water partition coefficient (Wildman–Crippen LogP) is 5.97. The van der Waals surface area contributed by atoms with E-state index < -0.39 is 21.2 Å². The normalized spacial score (nSPS) is 23.0.